The van der Waals surface area contributed by atoms with Gasteiger partial charge in [-0.05, 0) is 5.92 Å². The Labute approximate surface area is 72.7 Å². The van der Waals surface area contributed by atoms with Gasteiger partial charge in [-0.2, -0.15) is 0 Å². The van der Waals surface area contributed by atoms with E-state index in [0.717, 1.165) is 0 Å². The van der Waals surface area contributed by atoms with E-state index in [4.69, 9.17) is 10.6 Å². The van der Waals surface area contributed by atoms with Gasteiger partial charge in [0.1, 0.15) is 6.10 Å². The highest BCUT2D eigenvalue weighted by Crippen LogP contribution is 2.05. The predicted octanol–water partition coefficient (Wildman–Crippen LogP) is 0.203. The van der Waals surface area contributed by atoms with Crippen LogP contribution in [0.1, 0.15) is 13.8 Å². The third kappa shape index (κ3) is 3.50. The first kappa shape index (κ1) is 11.1. The zero-order chi connectivity index (χ0) is 9.56. The summed E-state index contributed by atoms with van der Waals surface area (Å²) in [5.74, 6) is 4.78. The topological polar surface area (TPSA) is 64.3 Å². The molecule has 0 aromatic carbocycles. The number of hydrogen-bond donors (Lipinski definition) is 2. The molecule has 1 atom stereocenters. The quantitative estimate of drug-likeness (QED) is 0.269. The largest absolute Gasteiger partial charge is 0.364 e. The highest BCUT2D eigenvalue weighted by molar-refractivity contribution is 5.80. The maximum atomic E-state index is 11.1. The van der Waals surface area contributed by atoms with Crippen molar-refractivity contribution in [1.29, 1.82) is 0 Å². The first-order valence-electron chi connectivity index (χ1n) is 3.86. The van der Waals surface area contributed by atoms with E-state index in [2.05, 4.69) is 12.0 Å². The second-order valence-electron chi connectivity index (χ2n) is 2.80. The Balaban J connectivity index is 4.03. The number of rotatable bonds is 5. The summed E-state index contributed by atoms with van der Waals surface area (Å²) >= 11 is 0. The summed E-state index contributed by atoms with van der Waals surface area (Å²) in [6, 6.07) is 0. The first-order valence-corrected chi connectivity index (χ1v) is 3.86. The molecule has 0 rings (SSSR count). The average molecular weight is 172 g/mol. The molecule has 0 aliphatic heterocycles. The fourth-order valence-corrected chi connectivity index (χ4v) is 0.825. The van der Waals surface area contributed by atoms with E-state index < -0.39 is 6.10 Å². The van der Waals surface area contributed by atoms with Gasteiger partial charge in [-0.1, -0.05) is 19.9 Å². The molecule has 0 aromatic heterocycles. The highest BCUT2D eigenvalue weighted by atomic mass is 16.5. The molecule has 70 valence electrons. The standard InChI is InChI=1S/C8H16N2O2/c1-4-5-12-7(6(2)3)8(11)10-9/h4,6-7H,1,5,9H2,2-3H3,(H,10,11). The van der Waals surface area contributed by atoms with Crippen LogP contribution in [-0.2, 0) is 9.53 Å². The molecule has 3 N–H and O–H groups in total. The summed E-state index contributed by atoms with van der Waals surface area (Å²) in [6.45, 7) is 7.63. The Morgan fingerprint density at radius 2 is 2.33 bits per heavy atom. The molecular weight excluding hydrogens is 156 g/mol. The second kappa shape index (κ2) is 5.74. The van der Waals surface area contributed by atoms with E-state index in [-0.39, 0.29) is 11.8 Å². The van der Waals surface area contributed by atoms with Crippen LogP contribution in [0.2, 0.25) is 0 Å². The van der Waals surface area contributed by atoms with E-state index in [9.17, 15) is 4.79 Å². The number of nitrogens with one attached hydrogen (secondary N) is 1. The third-order valence-electron chi connectivity index (χ3n) is 1.40. The lowest BCUT2D eigenvalue weighted by atomic mass is 10.1. The van der Waals surface area contributed by atoms with Crippen LogP contribution in [0.15, 0.2) is 12.7 Å². The van der Waals surface area contributed by atoms with Crippen molar-refractivity contribution in [3.05, 3.63) is 12.7 Å². The zero-order valence-electron chi connectivity index (χ0n) is 7.54. The van der Waals surface area contributed by atoms with Crippen LogP contribution in [0.3, 0.4) is 0 Å². The minimum atomic E-state index is -0.493. The number of carbonyl (C=O) groups is 1. The molecule has 0 saturated heterocycles. The van der Waals surface area contributed by atoms with Gasteiger partial charge in [0.2, 0.25) is 0 Å². The van der Waals surface area contributed by atoms with Gasteiger partial charge in [0.25, 0.3) is 5.91 Å². The number of amides is 1. The Kier molecular flexibility index (Phi) is 5.32. The number of carbonyl (C=O) groups excluding carboxylic acids is 1. The van der Waals surface area contributed by atoms with Crippen molar-refractivity contribution in [2.24, 2.45) is 11.8 Å². The van der Waals surface area contributed by atoms with Crippen molar-refractivity contribution in [3.8, 4) is 0 Å². The Hall–Kier alpha value is -0.870. The van der Waals surface area contributed by atoms with Crippen LogP contribution in [0, 0.1) is 5.92 Å². The van der Waals surface area contributed by atoms with Gasteiger partial charge in [0.05, 0.1) is 6.61 Å². The van der Waals surface area contributed by atoms with Crippen LogP contribution in [-0.4, -0.2) is 18.6 Å². The lowest BCUT2D eigenvalue weighted by Gasteiger charge is -2.18. The fourth-order valence-electron chi connectivity index (χ4n) is 0.825. The fraction of sp³-hybridized carbons (Fsp3) is 0.625. The maximum Gasteiger partial charge on any atom is 0.263 e. The van der Waals surface area contributed by atoms with Crippen molar-refractivity contribution in [1.82, 2.24) is 5.43 Å². The Morgan fingerprint density at radius 3 is 2.67 bits per heavy atom. The molecule has 4 nitrogen and oxygen atoms in total. The summed E-state index contributed by atoms with van der Waals surface area (Å²) in [7, 11) is 0. The molecule has 0 heterocycles. The minimum Gasteiger partial charge on any atom is -0.364 e. The van der Waals surface area contributed by atoms with E-state index in [1.807, 2.05) is 13.8 Å². The van der Waals surface area contributed by atoms with Crippen LogP contribution in [0.5, 0.6) is 0 Å². The summed E-state index contributed by atoms with van der Waals surface area (Å²) in [6.07, 6.45) is 1.10. The van der Waals surface area contributed by atoms with Crippen LogP contribution < -0.4 is 11.3 Å². The predicted molar refractivity (Wildman–Crippen MR) is 47.1 cm³/mol. The molecule has 0 spiro atoms. The molecule has 0 radical (unpaired) electrons. The lowest BCUT2D eigenvalue weighted by Crippen LogP contribution is -2.43. The Bertz CT molecular complexity index is 157. The van der Waals surface area contributed by atoms with E-state index in [1.165, 1.54) is 0 Å². The van der Waals surface area contributed by atoms with Gasteiger partial charge < -0.3 is 4.74 Å². The van der Waals surface area contributed by atoms with E-state index >= 15 is 0 Å². The molecule has 1 amide bonds. The molecule has 12 heavy (non-hydrogen) atoms. The van der Waals surface area contributed by atoms with Gasteiger partial charge >= 0.3 is 0 Å². The summed E-state index contributed by atoms with van der Waals surface area (Å²) in [5.41, 5.74) is 2.06. The molecule has 0 fully saturated rings. The van der Waals surface area contributed by atoms with Crippen molar-refractivity contribution < 1.29 is 9.53 Å². The monoisotopic (exact) mass is 172 g/mol. The molecular formula is C8H16N2O2. The van der Waals surface area contributed by atoms with Gasteiger partial charge in [-0.3, -0.25) is 10.2 Å². The van der Waals surface area contributed by atoms with Crippen molar-refractivity contribution in [2.75, 3.05) is 6.61 Å². The average Bonchev–Trinajstić information content (AvgIpc) is 2.04. The second-order valence-corrected chi connectivity index (χ2v) is 2.80. The van der Waals surface area contributed by atoms with Crippen LogP contribution in [0.4, 0.5) is 0 Å². The number of ether oxygens (including phenoxy) is 1. The lowest BCUT2D eigenvalue weighted by molar-refractivity contribution is -0.134. The van der Waals surface area contributed by atoms with Crippen LogP contribution >= 0.6 is 0 Å². The molecule has 4 heteroatoms. The Morgan fingerprint density at radius 1 is 1.75 bits per heavy atom. The van der Waals surface area contributed by atoms with Gasteiger partial charge in [-0.15, -0.1) is 6.58 Å². The van der Waals surface area contributed by atoms with E-state index in [1.54, 1.807) is 6.08 Å². The minimum absolute atomic E-state index is 0.105. The van der Waals surface area contributed by atoms with Crippen molar-refractivity contribution >= 4 is 5.91 Å². The SMILES string of the molecule is C=CCOC(C(=O)NN)C(C)C. The summed E-state index contributed by atoms with van der Waals surface area (Å²) < 4.78 is 5.20. The van der Waals surface area contributed by atoms with E-state index in [0.29, 0.717) is 6.61 Å². The third-order valence-corrected chi connectivity index (χ3v) is 1.40. The molecule has 0 aliphatic rings. The van der Waals surface area contributed by atoms with Gasteiger partial charge in [-0.25, -0.2) is 5.84 Å². The van der Waals surface area contributed by atoms with Crippen molar-refractivity contribution in [2.45, 2.75) is 20.0 Å². The van der Waals surface area contributed by atoms with Crippen LogP contribution in [0.25, 0.3) is 0 Å². The number of nitrogens with two attached hydrogens (primary N) is 1. The molecule has 0 aliphatic carbocycles. The first-order chi connectivity index (χ1) is 5.63. The summed E-state index contributed by atoms with van der Waals surface area (Å²) in [5, 5.41) is 0. The zero-order valence-corrected chi connectivity index (χ0v) is 7.54. The molecule has 1 unspecified atom stereocenters. The molecule has 0 saturated carbocycles. The normalized spacial score (nSPS) is 12.7. The smallest absolute Gasteiger partial charge is 0.263 e. The number of hydrogen-bond acceptors (Lipinski definition) is 3. The van der Waals surface area contributed by atoms with Gasteiger partial charge in [0, 0.05) is 0 Å². The molecule has 0 bridgehead atoms. The van der Waals surface area contributed by atoms with Gasteiger partial charge in [0.15, 0.2) is 0 Å². The molecule has 0 aromatic rings. The number of hydrazine groups is 1. The van der Waals surface area contributed by atoms with Crippen molar-refractivity contribution in [3.63, 3.8) is 0 Å². The summed E-state index contributed by atoms with van der Waals surface area (Å²) in [4.78, 5) is 11.1. The highest BCUT2D eigenvalue weighted by Gasteiger charge is 2.21. The maximum absolute atomic E-state index is 11.1.